The number of nitrogens with zero attached hydrogens (tertiary/aromatic N) is 3. The van der Waals surface area contributed by atoms with E-state index in [1.165, 1.54) is 25.7 Å². The van der Waals surface area contributed by atoms with Crippen LogP contribution in [0.15, 0.2) is 6.33 Å². The minimum Gasteiger partial charge on any atom is -0.306 e. The van der Waals surface area contributed by atoms with E-state index in [0.29, 0.717) is 12.1 Å². The van der Waals surface area contributed by atoms with Crippen LogP contribution in [0.4, 0.5) is 0 Å². The summed E-state index contributed by atoms with van der Waals surface area (Å²) < 4.78 is 2.00. The second kappa shape index (κ2) is 6.57. The molecule has 2 unspecified atom stereocenters. The predicted octanol–water partition coefficient (Wildman–Crippen LogP) is 2.62. The molecular formula is C13H24N4S. The van der Waals surface area contributed by atoms with E-state index in [9.17, 15) is 0 Å². The molecule has 5 heteroatoms. The first-order chi connectivity index (χ1) is 8.72. The van der Waals surface area contributed by atoms with Crippen molar-refractivity contribution in [3.63, 3.8) is 0 Å². The van der Waals surface area contributed by atoms with Crippen LogP contribution in [-0.4, -0.2) is 32.3 Å². The van der Waals surface area contributed by atoms with E-state index in [4.69, 9.17) is 0 Å². The van der Waals surface area contributed by atoms with Crippen LogP contribution in [0.2, 0.25) is 0 Å². The lowest BCUT2D eigenvalue weighted by atomic mass is 9.95. The van der Waals surface area contributed by atoms with Crippen LogP contribution < -0.4 is 5.32 Å². The molecule has 1 aliphatic rings. The normalized spacial score (nSPS) is 24.7. The molecule has 0 amide bonds. The van der Waals surface area contributed by atoms with Crippen molar-refractivity contribution in [3.05, 3.63) is 12.2 Å². The van der Waals surface area contributed by atoms with Crippen LogP contribution in [0.5, 0.6) is 0 Å². The van der Waals surface area contributed by atoms with Crippen LogP contribution in [0.25, 0.3) is 0 Å². The van der Waals surface area contributed by atoms with Crippen LogP contribution >= 0.6 is 11.8 Å². The Balaban J connectivity index is 1.91. The van der Waals surface area contributed by atoms with Crippen LogP contribution in [0, 0.1) is 0 Å². The average Bonchev–Trinajstić information content (AvgIpc) is 2.85. The van der Waals surface area contributed by atoms with Gasteiger partial charge < -0.3 is 5.32 Å². The quantitative estimate of drug-likeness (QED) is 0.891. The van der Waals surface area contributed by atoms with Crippen molar-refractivity contribution >= 4 is 11.8 Å². The molecule has 1 N–H and O–H groups in total. The van der Waals surface area contributed by atoms with Crippen molar-refractivity contribution in [2.75, 3.05) is 6.26 Å². The molecule has 1 saturated carbocycles. The third kappa shape index (κ3) is 3.26. The van der Waals surface area contributed by atoms with E-state index in [1.807, 2.05) is 16.4 Å². The van der Waals surface area contributed by atoms with Crippen molar-refractivity contribution in [1.82, 2.24) is 20.1 Å². The Morgan fingerprint density at radius 1 is 1.44 bits per heavy atom. The van der Waals surface area contributed by atoms with E-state index < -0.39 is 0 Å². The summed E-state index contributed by atoms with van der Waals surface area (Å²) in [4.78, 5) is 4.36. The fourth-order valence-corrected chi connectivity index (χ4v) is 3.63. The SMILES string of the molecule is CSC1CCCCC1NCc1ncnn1C(C)C. The Labute approximate surface area is 114 Å². The second-order valence-electron chi connectivity index (χ2n) is 5.26. The summed E-state index contributed by atoms with van der Waals surface area (Å²) in [5.74, 6) is 1.05. The topological polar surface area (TPSA) is 42.7 Å². The maximum absolute atomic E-state index is 4.36. The number of hydrogen-bond acceptors (Lipinski definition) is 4. The van der Waals surface area contributed by atoms with Crippen molar-refractivity contribution in [2.45, 2.75) is 63.4 Å². The number of hydrogen-bond donors (Lipinski definition) is 1. The van der Waals surface area contributed by atoms with Crippen LogP contribution in [0.1, 0.15) is 51.4 Å². The Kier molecular flexibility index (Phi) is 5.06. The fourth-order valence-electron chi connectivity index (χ4n) is 2.67. The first-order valence-electron chi connectivity index (χ1n) is 6.87. The van der Waals surface area contributed by atoms with E-state index in [2.05, 4.69) is 35.5 Å². The molecule has 0 aromatic carbocycles. The summed E-state index contributed by atoms with van der Waals surface area (Å²) in [6, 6.07) is 1.01. The molecule has 1 heterocycles. The summed E-state index contributed by atoms with van der Waals surface area (Å²) >= 11 is 2.00. The van der Waals surface area contributed by atoms with Crippen molar-refractivity contribution in [1.29, 1.82) is 0 Å². The highest BCUT2D eigenvalue weighted by Gasteiger charge is 2.24. The number of aromatic nitrogens is 3. The van der Waals surface area contributed by atoms with Gasteiger partial charge in [-0.1, -0.05) is 12.8 Å². The molecule has 1 fully saturated rings. The zero-order valence-electron chi connectivity index (χ0n) is 11.6. The molecule has 2 rings (SSSR count). The highest BCUT2D eigenvalue weighted by Crippen LogP contribution is 2.27. The third-order valence-corrected chi connectivity index (χ3v) is 4.83. The minimum absolute atomic E-state index is 0.381. The van der Waals surface area contributed by atoms with Gasteiger partial charge in [0.15, 0.2) is 0 Å². The zero-order chi connectivity index (χ0) is 13.0. The summed E-state index contributed by atoms with van der Waals surface area (Å²) in [5.41, 5.74) is 0. The van der Waals surface area contributed by atoms with Crippen LogP contribution in [0.3, 0.4) is 0 Å². The Morgan fingerprint density at radius 3 is 2.94 bits per heavy atom. The molecule has 102 valence electrons. The van der Waals surface area contributed by atoms with Crippen molar-refractivity contribution in [2.24, 2.45) is 0 Å². The van der Waals surface area contributed by atoms with E-state index in [0.717, 1.165) is 17.6 Å². The molecule has 0 saturated heterocycles. The van der Waals surface area contributed by atoms with Gasteiger partial charge in [0, 0.05) is 17.3 Å². The lowest BCUT2D eigenvalue weighted by Gasteiger charge is -2.31. The summed E-state index contributed by atoms with van der Waals surface area (Å²) in [6.45, 7) is 5.12. The molecular weight excluding hydrogens is 244 g/mol. The molecule has 0 bridgehead atoms. The van der Waals surface area contributed by atoms with Gasteiger partial charge in [-0.25, -0.2) is 9.67 Å². The van der Waals surface area contributed by atoms with Crippen molar-refractivity contribution < 1.29 is 0 Å². The lowest BCUT2D eigenvalue weighted by Crippen LogP contribution is -2.40. The standard InChI is InChI=1S/C13H24N4S/c1-10(2)17-13(15-9-16-17)8-14-11-6-4-5-7-12(11)18-3/h9-12,14H,4-8H2,1-3H3. The number of rotatable bonds is 5. The smallest absolute Gasteiger partial charge is 0.141 e. The molecule has 1 aromatic heterocycles. The third-order valence-electron chi connectivity index (χ3n) is 3.66. The molecule has 1 aromatic rings. The molecule has 2 atom stereocenters. The molecule has 0 spiro atoms. The van der Waals surface area contributed by atoms with Gasteiger partial charge in [-0.05, 0) is 32.9 Å². The second-order valence-corrected chi connectivity index (χ2v) is 6.34. The minimum atomic E-state index is 0.381. The highest BCUT2D eigenvalue weighted by molar-refractivity contribution is 7.99. The van der Waals surface area contributed by atoms with Gasteiger partial charge in [0.25, 0.3) is 0 Å². The summed E-state index contributed by atoms with van der Waals surface area (Å²) in [7, 11) is 0. The van der Waals surface area contributed by atoms with Gasteiger partial charge in [0.2, 0.25) is 0 Å². The van der Waals surface area contributed by atoms with Gasteiger partial charge >= 0.3 is 0 Å². The predicted molar refractivity (Wildman–Crippen MR) is 76.8 cm³/mol. The Morgan fingerprint density at radius 2 is 2.22 bits per heavy atom. The largest absolute Gasteiger partial charge is 0.306 e. The summed E-state index contributed by atoms with van der Waals surface area (Å²) in [5, 5.41) is 8.71. The van der Waals surface area contributed by atoms with E-state index in [-0.39, 0.29) is 0 Å². The summed E-state index contributed by atoms with van der Waals surface area (Å²) in [6.07, 6.45) is 9.25. The Bertz CT molecular complexity index is 364. The average molecular weight is 268 g/mol. The monoisotopic (exact) mass is 268 g/mol. The van der Waals surface area contributed by atoms with Gasteiger partial charge in [0.1, 0.15) is 12.2 Å². The highest BCUT2D eigenvalue weighted by atomic mass is 32.2. The first kappa shape index (κ1) is 13.9. The first-order valence-corrected chi connectivity index (χ1v) is 8.15. The van der Waals surface area contributed by atoms with E-state index >= 15 is 0 Å². The fraction of sp³-hybridized carbons (Fsp3) is 0.846. The Hall–Kier alpha value is -0.550. The number of nitrogens with one attached hydrogen (secondary N) is 1. The lowest BCUT2D eigenvalue weighted by molar-refractivity contribution is 0.372. The van der Waals surface area contributed by atoms with Gasteiger partial charge in [-0.3, -0.25) is 0 Å². The molecule has 18 heavy (non-hydrogen) atoms. The molecule has 0 radical (unpaired) electrons. The van der Waals surface area contributed by atoms with Gasteiger partial charge in [-0.2, -0.15) is 16.9 Å². The molecule has 1 aliphatic carbocycles. The van der Waals surface area contributed by atoms with E-state index in [1.54, 1.807) is 6.33 Å². The van der Waals surface area contributed by atoms with Crippen molar-refractivity contribution in [3.8, 4) is 0 Å². The maximum Gasteiger partial charge on any atom is 0.141 e. The zero-order valence-corrected chi connectivity index (χ0v) is 12.4. The number of thioether (sulfide) groups is 1. The van der Waals surface area contributed by atoms with Crippen LogP contribution in [-0.2, 0) is 6.54 Å². The molecule has 0 aliphatic heterocycles. The van der Waals surface area contributed by atoms with Gasteiger partial charge in [-0.15, -0.1) is 0 Å². The maximum atomic E-state index is 4.36. The van der Waals surface area contributed by atoms with Gasteiger partial charge in [0.05, 0.1) is 6.54 Å². The molecule has 4 nitrogen and oxygen atoms in total.